The SMILES string of the molecule is CCOCCN1CCNC1=N[N+](=O)[O-]. The van der Waals surface area contributed by atoms with Crippen molar-refractivity contribution in [2.24, 2.45) is 5.10 Å². The fourth-order valence-electron chi connectivity index (χ4n) is 1.23. The molecule has 0 aliphatic carbocycles. The molecule has 0 aromatic heterocycles. The average molecular weight is 202 g/mol. The molecule has 0 unspecified atom stereocenters. The van der Waals surface area contributed by atoms with Crippen molar-refractivity contribution in [1.82, 2.24) is 10.2 Å². The molecule has 0 aromatic carbocycles. The van der Waals surface area contributed by atoms with Crippen LogP contribution in [-0.2, 0) is 4.74 Å². The lowest BCUT2D eigenvalue weighted by Gasteiger charge is -2.14. The average Bonchev–Trinajstić information content (AvgIpc) is 2.52. The van der Waals surface area contributed by atoms with E-state index in [1.165, 1.54) is 0 Å². The molecule has 0 atom stereocenters. The van der Waals surface area contributed by atoms with Gasteiger partial charge in [-0.15, -0.1) is 0 Å². The van der Waals surface area contributed by atoms with Crippen LogP contribution in [0.1, 0.15) is 6.92 Å². The van der Waals surface area contributed by atoms with E-state index in [0.717, 1.165) is 6.54 Å². The first-order valence-electron chi connectivity index (χ1n) is 4.53. The van der Waals surface area contributed by atoms with Gasteiger partial charge < -0.3 is 15.0 Å². The van der Waals surface area contributed by atoms with Crippen LogP contribution >= 0.6 is 0 Å². The van der Waals surface area contributed by atoms with E-state index < -0.39 is 5.03 Å². The third-order valence-electron chi connectivity index (χ3n) is 1.85. The van der Waals surface area contributed by atoms with Gasteiger partial charge in [0.15, 0.2) is 5.03 Å². The summed E-state index contributed by atoms with van der Waals surface area (Å²) in [6.07, 6.45) is 0. The maximum absolute atomic E-state index is 10.2. The highest BCUT2D eigenvalue weighted by molar-refractivity contribution is 5.81. The van der Waals surface area contributed by atoms with Crippen molar-refractivity contribution in [3.8, 4) is 0 Å². The van der Waals surface area contributed by atoms with Crippen LogP contribution in [0.5, 0.6) is 0 Å². The molecule has 14 heavy (non-hydrogen) atoms. The van der Waals surface area contributed by atoms with E-state index in [9.17, 15) is 10.1 Å². The summed E-state index contributed by atoms with van der Waals surface area (Å²) in [4.78, 5) is 12.0. The Bertz CT molecular complexity index is 231. The molecular formula is C7H14N4O3. The van der Waals surface area contributed by atoms with E-state index in [-0.39, 0.29) is 0 Å². The van der Waals surface area contributed by atoms with E-state index in [2.05, 4.69) is 10.4 Å². The molecule has 1 heterocycles. The van der Waals surface area contributed by atoms with E-state index in [1.54, 1.807) is 4.90 Å². The maximum Gasteiger partial charge on any atom is 0.271 e. The number of nitro groups is 1. The standard InChI is InChI=1S/C7H14N4O3/c1-2-14-6-5-10-4-3-8-7(10)9-11(12)13/h2-6H2,1H3,(H,8,9). The lowest BCUT2D eigenvalue weighted by Crippen LogP contribution is -2.33. The minimum Gasteiger partial charge on any atom is -0.380 e. The fourth-order valence-corrected chi connectivity index (χ4v) is 1.23. The van der Waals surface area contributed by atoms with Crippen molar-refractivity contribution in [3.05, 3.63) is 10.1 Å². The van der Waals surface area contributed by atoms with Crippen LogP contribution in [0, 0.1) is 10.1 Å². The smallest absolute Gasteiger partial charge is 0.271 e. The summed E-state index contributed by atoms with van der Waals surface area (Å²) in [7, 11) is 0. The van der Waals surface area contributed by atoms with E-state index in [0.29, 0.717) is 32.3 Å². The van der Waals surface area contributed by atoms with Crippen molar-refractivity contribution in [2.45, 2.75) is 6.92 Å². The molecule has 0 amide bonds. The second-order valence-corrected chi connectivity index (χ2v) is 2.77. The fraction of sp³-hybridized carbons (Fsp3) is 0.857. The third-order valence-corrected chi connectivity index (χ3v) is 1.85. The summed E-state index contributed by atoms with van der Waals surface area (Å²) in [6.45, 7) is 5.19. The zero-order chi connectivity index (χ0) is 10.4. The lowest BCUT2D eigenvalue weighted by atomic mass is 10.5. The molecule has 1 N–H and O–H groups in total. The molecule has 1 fully saturated rings. The van der Waals surface area contributed by atoms with Crippen LogP contribution in [0.2, 0.25) is 0 Å². The zero-order valence-electron chi connectivity index (χ0n) is 8.10. The highest BCUT2D eigenvalue weighted by Gasteiger charge is 2.20. The second-order valence-electron chi connectivity index (χ2n) is 2.77. The van der Waals surface area contributed by atoms with Crippen LogP contribution < -0.4 is 5.32 Å². The molecule has 1 aliphatic rings. The highest BCUT2D eigenvalue weighted by atomic mass is 16.7. The molecule has 0 bridgehead atoms. The number of hydrogen-bond acceptors (Lipinski definition) is 3. The molecule has 1 aliphatic heterocycles. The van der Waals surface area contributed by atoms with Crippen LogP contribution in [0.25, 0.3) is 0 Å². The van der Waals surface area contributed by atoms with E-state index in [4.69, 9.17) is 4.74 Å². The molecule has 0 aromatic rings. The minimum atomic E-state index is -0.693. The molecule has 7 heteroatoms. The van der Waals surface area contributed by atoms with Crippen molar-refractivity contribution in [3.63, 3.8) is 0 Å². The molecule has 7 nitrogen and oxygen atoms in total. The van der Waals surface area contributed by atoms with Gasteiger partial charge in [-0.3, -0.25) is 0 Å². The van der Waals surface area contributed by atoms with E-state index in [1.807, 2.05) is 6.92 Å². The highest BCUT2D eigenvalue weighted by Crippen LogP contribution is 1.97. The van der Waals surface area contributed by atoms with Crippen LogP contribution in [-0.4, -0.2) is 48.7 Å². The van der Waals surface area contributed by atoms with Crippen LogP contribution in [0.3, 0.4) is 0 Å². The quantitative estimate of drug-likeness (QED) is 0.368. The molecule has 1 rings (SSSR count). The van der Waals surface area contributed by atoms with Gasteiger partial charge in [-0.25, -0.2) is 10.1 Å². The van der Waals surface area contributed by atoms with Crippen LogP contribution in [0.15, 0.2) is 5.10 Å². The maximum atomic E-state index is 10.2. The molecule has 1 saturated heterocycles. The Labute approximate surface area is 81.9 Å². The van der Waals surface area contributed by atoms with Crippen molar-refractivity contribution in [2.75, 3.05) is 32.8 Å². The van der Waals surface area contributed by atoms with Gasteiger partial charge in [0.2, 0.25) is 0 Å². The monoisotopic (exact) mass is 202 g/mol. The minimum absolute atomic E-state index is 0.328. The second kappa shape index (κ2) is 5.38. The van der Waals surface area contributed by atoms with Gasteiger partial charge in [0.1, 0.15) is 5.10 Å². The van der Waals surface area contributed by atoms with Gasteiger partial charge in [0.25, 0.3) is 5.96 Å². The molecular weight excluding hydrogens is 188 g/mol. The molecule has 0 spiro atoms. The predicted octanol–water partition coefficient (Wildman–Crippen LogP) is -0.524. The number of hydrazone groups is 1. The molecule has 80 valence electrons. The summed E-state index contributed by atoms with van der Waals surface area (Å²) < 4.78 is 5.15. The number of nitrogens with one attached hydrogen (secondary N) is 1. The van der Waals surface area contributed by atoms with Gasteiger partial charge in [0, 0.05) is 26.2 Å². The number of nitrogens with zero attached hydrogens (tertiary/aromatic N) is 3. The zero-order valence-corrected chi connectivity index (χ0v) is 8.10. The summed E-state index contributed by atoms with van der Waals surface area (Å²) in [5, 5.41) is 15.5. The van der Waals surface area contributed by atoms with Crippen molar-refractivity contribution >= 4 is 5.96 Å². The molecule has 0 radical (unpaired) electrons. The van der Waals surface area contributed by atoms with Gasteiger partial charge in [-0.2, -0.15) is 0 Å². The topological polar surface area (TPSA) is 80.0 Å². The first-order valence-corrected chi connectivity index (χ1v) is 4.53. The summed E-state index contributed by atoms with van der Waals surface area (Å²) in [5.41, 5.74) is 0. The Balaban J connectivity index is 2.39. The Morgan fingerprint density at radius 1 is 1.79 bits per heavy atom. The Morgan fingerprint density at radius 3 is 3.21 bits per heavy atom. The van der Waals surface area contributed by atoms with Crippen molar-refractivity contribution in [1.29, 1.82) is 0 Å². The number of rotatable bonds is 5. The molecule has 0 saturated carbocycles. The third kappa shape index (κ3) is 3.17. The normalized spacial score (nSPS) is 18.6. The lowest BCUT2D eigenvalue weighted by molar-refractivity contribution is -0.485. The largest absolute Gasteiger partial charge is 0.380 e. The van der Waals surface area contributed by atoms with Gasteiger partial charge in [0.05, 0.1) is 6.61 Å². The summed E-state index contributed by atoms with van der Waals surface area (Å²) in [5.74, 6) is 0.328. The summed E-state index contributed by atoms with van der Waals surface area (Å²) >= 11 is 0. The predicted molar refractivity (Wildman–Crippen MR) is 50.5 cm³/mol. The Kier molecular flexibility index (Phi) is 4.11. The van der Waals surface area contributed by atoms with Gasteiger partial charge in [-0.1, -0.05) is 0 Å². The summed E-state index contributed by atoms with van der Waals surface area (Å²) in [6, 6.07) is 0. The number of guanidine groups is 1. The van der Waals surface area contributed by atoms with Crippen molar-refractivity contribution < 1.29 is 9.77 Å². The number of ether oxygens (including phenoxy) is 1. The van der Waals surface area contributed by atoms with Crippen LogP contribution in [0.4, 0.5) is 0 Å². The Morgan fingerprint density at radius 2 is 2.57 bits per heavy atom. The number of hydrogen-bond donors (Lipinski definition) is 1. The Hall–Kier alpha value is -1.37. The first-order chi connectivity index (χ1) is 6.74. The first kappa shape index (κ1) is 10.7. The van der Waals surface area contributed by atoms with Gasteiger partial charge >= 0.3 is 0 Å². The van der Waals surface area contributed by atoms with E-state index >= 15 is 0 Å². The van der Waals surface area contributed by atoms with Gasteiger partial charge in [-0.05, 0) is 6.92 Å².